The molecule has 2 amide bonds. The van der Waals surface area contributed by atoms with Gasteiger partial charge in [-0.25, -0.2) is 9.37 Å². The summed E-state index contributed by atoms with van der Waals surface area (Å²) in [6, 6.07) is 14.1. The van der Waals surface area contributed by atoms with E-state index in [1.807, 2.05) is 31.2 Å². The molecule has 2 aliphatic rings. The van der Waals surface area contributed by atoms with E-state index in [9.17, 15) is 14.0 Å². The highest BCUT2D eigenvalue weighted by atomic mass is 19.1. The number of rotatable bonds is 8. The average molecular weight is 547 g/mol. The molecule has 2 fully saturated rings. The maximum Gasteiger partial charge on any atom is 0.253 e. The molecular formula is C31H35FN4O4. The topological polar surface area (TPSA) is 92.8 Å². The van der Waals surface area contributed by atoms with Crippen molar-refractivity contribution in [3.05, 3.63) is 82.8 Å². The van der Waals surface area contributed by atoms with Crippen molar-refractivity contribution in [2.75, 3.05) is 25.7 Å². The first kappa shape index (κ1) is 27.4. The van der Waals surface area contributed by atoms with Crippen LogP contribution in [0.2, 0.25) is 0 Å². The van der Waals surface area contributed by atoms with E-state index in [4.69, 9.17) is 9.47 Å². The lowest BCUT2D eigenvalue weighted by atomic mass is 9.92. The molecule has 1 saturated carbocycles. The Labute approximate surface area is 233 Å². The van der Waals surface area contributed by atoms with Crippen molar-refractivity contribution in [3.8, 4) is 11.5 Å². The second kappa shape index (κ2) is 11.9. The first-order valence-electron chi connectivity index (χ1n) is 13.7. The average Bonchev–Trinajstić information content (AvgIpc) is 3.39. The first-order valence-corrected chi connectivity index (χ1v) is 13.7. The predicted octanol–water partition coefficient (Wildman–Crippen LogP) is 4.65. The third-order valence-corrected chi connectivity index (χ3v) is 8.09. The Morgan fingerprint density at radius 3 is 2.62 bits per heavy atom. The minimum absolute atomic E-state index is 0.0702. The Hall–Kier alpha value is -4.14. The lowest BCUT2D eigenvalue weighted by Crippen LogP contribution is -2.43. The van der Waals surface area contributed by atoms with Gasteiger partial charge in [-0.2, -0.15) is 0 Å². The molecule has 3 atom stereocenters. The molecule has 0 bridgehead atoms. The number of carbonyl (C=O) groups is 2. The molecule has 2 aromatic carbocycles. The molecule has 0 radical (unpaired) electrons. The van der Waals surface area contributed by atoms with Gasteiger partial charge in [-0.1, -0.05) is 12.1 Å². The highest BCUT2D eigenvalue weighted by molar-refractivity contribution is 5.96. The Morgan fingerprint density at radius 1 is 1.05 bits per heavy atom. The predicted molar refractivity (Wildman–Crippen MR) is 150 cm³/mol. The van der Waals surface area contributed by atoms with Crippen LogP contribution in [-0.4, -0.2) is 49.6 Å². The molecular weight excluding hydrogens is 511 g/mol. The Balaban J connectivity index is 1.20. The molecule has 5 rings (SSSR count). The number of aromatic nitrogens is 1. The fourth-order valence-corrected chi connectivity index (χ4v) is 6.02. The van der Waals surface area contributed by atoms with Crippen LogP contribution in [0.15, 0.2) is 54.7 Å². The van der Waals surface area contributed by atoms with Crippen LogP contribution in [0.5, 0.6) is 11.5 Å². The zero-order valence-electron chi connectivity index (χ0n) is 23.1. The summed E-state index contributed by atoms with van der Waals surface area (Å²) in [6.07, 6.45) is 5.57. The Bertz CT molecular complexity index is 1380. The number of ether oxygens (including phenoxy) is 2. The zero-order chi connectivity index (χ0) is 28.2. The molecule has 3 aromatic rings. The number of anilines is 1. The molecule has 40 heavy (non-hydrogen) atoms. The van der Waals surface area contributed by atoms with Crippen molar-refractivity contribution in [1.82, 2.24) is 15.6 Å². The summed E-state index contributed by atoms with van der Waals surface area (Å²) in [7, 11) is 3.02. The van der Waals surface area contributed by atoms with Gasteiger partial charge in [0.2, 0.25) is 0 Å². The van der Waals surface area contributed by atoms with Gasteiger partial charge in [-0.3, -0.25) is 9.59 Å². The van der Waals surface area contributed by atoms with Gasteiger partial charge in [0.05, 0.1) is 19.8 Å². The summed E-state index contributed by atoms with van der Waals surface area (Å²) in [4.78, 5) is 32.8. The van der Waals surface area contributed by atoms with Gasteiger partial charge in [0.15, 0.2) is 11.6 Å². The van der Waals surface area contributed by atoms with Crippen LogP contribution in [0.4, 0.5) is 10.2 Å². The lowest BCUT2D eigenvalue weighted by Gasteiger charge is -2.38. The Morgan fingerprint density at radius 2 is 1.88 bits per heavy atom. The summed E-state index contributed by atoms with van der Waals surface area (Å²) in [5.74, 6) is 1.39. The highest BCUT2D eigenvalue weighted by Crippen LogP contribution is 2.39. The molecule has 1 saturated heterocycles. The molecule has 1 aromatic heterocycles. The molecule has 2 N–H and O–H groups in total. The van der Waals surface area contributed by atoms with Crippen LogP contribution in [0.1, 0.15) is 57.5 Å². The van der Waals surface area contributed by atoms with E-state index in [1.54, 1.807) is 31.5 Å². The number of fused-ring (bicyclic) bond motifs is 1. The van der Waals surface area contributed by atoms with E-state index in [-0.39, 0.29) is 36.2 Å². The second-order valence-corrected chi connectivity index (χ2v) is 10.5. The summed E-state index contributed by atoms with van der Waals surface area (Å²) in [5.41, 5.74) is 2.67. The minimum atomic E-state index is -0.444. The molecule has 2 heterocycles. The number of carbonyl (C=O) groups excluding carboxylic acids is 2. The van der Waals surface area contributed by atoms with E-state index < -0.39 is 5.82 Å². The molecule has 0 spiro atoms. The van der Waals surface area contributed by atoms with Crippen LogP contribution in [0, 0.1) is 18.7 Å². The van der Waals surface area contributed by atoms with Gasteiger partial charge in [-0.05, 0) is 80.5 Å². The Kier molecular flexibility index (Phi) is 8.19. The number of piperidine rings is 1. The quantitative estimate of drug-likeness (QED) is 0.427. The van der Waals surface area contributed by atoms with Crippen molar-refractivity contribution in [1.29, 1.82) is 0 Å². The standard InChI is InChI=1S/C31H35FN4O4/c1-19-24(7-4-8-27(19)39-2)31(38)35-23-15-21-6-5-13-36(26(21)16-23)29-12-10-22(18-33-29)30(37)34-17-20-9-11-25(32)28(14-20)40-3/h4,7-12,14,18,21,23,26H,5-6,13,15-17H2,1-3H3,(H,34,37)(H,35,38). The molecule has 1 aliphatic carbocycles. The fourth-order valence-electron chi connectivity index (χ4n) is 6.02. The number of hydrogen-bond acceptors (Lipinski definition) is 6. The van der Waals surface area contributed by atoms with E-state index in [0.29, 0.717) is 22.8 Å². The smallest absolute Gasteiger partial charge is 0.253 e. The highest BCUT2D eigenvalue weighted by Gasteiger charge is 2.41. The monoisotopic (exact) mass is 546 g/mol. The van der Waals surface area contributed by atoms with Crippen LogP contribution < -0.4 is 25.0 Å². The molecule has 8 nitrogen and oxygen atoms in total. The molecule has 210 valence electrons. The number of nitrogens with zero attached hydrogens (tertiary/aromatic N) is 2. The zero-order valence-corrected chi connectivity index (χ0v) is 23.1. The van der Waals surface area contributed by atoms with Crippen molar-refractivity contribution in [2.45, 2.75) is 51.2 Å². The van der Waals surface area contributed by atoms with Crippen LogP contribution in [0.3, 0.4) is 0 Å². The van der Waals surface area contributed by atoms with Gasteiger partial charge < -0.3 is 25.0 Å². The van der Waals surface area contributed by atoms with E-state index in [2.05, 4.69) is 20.5 Å². The summed E-state index contributed by atoms with van der Waals surface area (Å²) in [5, 5.41) is 6.11. The minimum Gasteiger partial charge on any atom is -0.496 e. The third-order valence-electron chi connectivity index (χ3n) is 8.09. The van der Waals surface area contributed by atoms with Gasteiger partial charge in [0.25, 0.3) is 11.8 Å². The summed E-state index contributed by atoms with van der Waals surface area (Å²) < 4.78 is 24.0. The lowest BCUT2D eigenvalue weighted by molar-refractivity contribution is 0.0932. The number of amides is 2. The van der Waals surface area contributed by atoms with Crippen molar-refractivity contribution < 1.29 is 23.5 Å². The summed E-state index contributed by atoms with van der Waals surface area (Å²) in [6.45, 7) is 3.04. The normalized spacial score (nSPS) is 20.0. The number of halogens is 1. The number of pyridine rings is 1. The third kappa shape index (κ3) is 5.73. The van der Waals surface area contributed by atoms with Gasteiger partial charge >= 0.3 is 0 Å². The second-order valence-electron chi connectivity index (χ2n) is 10.5. The van der Waals surface area contributed by atoms with Crippen molar-refractivity contribution in [2.24, 2.45) is 5.92 Å². The largest absolute Gasteiger partial charge is 0.496 e. The fraction of sp³-hybridized carbons (Fsp3) is 0.387. The van der Waals surface area contributed by atoms with E-state index in [0.717, 1.165) is 49.2 Å². The number of nitrogens with one attached hydrogen (secondary N) is 2. The van der Waals surface area contributed by atoms with Gasteiger partial charge in [-0.15, -0.1) is 0 Å². The first-order chi connectivity index (χ1) is 19.4. The number of hydrogen-bond donors (Lipinski definition) is 2. The number of benzene rings is 2. The van der Waals surface area contributed by atoms with Crippen LogP contribution >= 0.6 is 0 Å². The number of methoxy groups -OCH3 is 2. The molecule has 1 aliphatic heterocycles. The SMILES string of the molecule is COc1cc(CNC(=O)c2ccc(N3CCCC4CC(NC(=O)c5cccc(OC)c5C)CC43)nc2)ccc1F. The maximum absolute atomic E-state index is 13.6. The van der Waals surface area contributed by atoms with Crippen LogP contribution in [-0.2, 0) is 6.54 Å². The van der Waals surface area contributed by atoms with Gasteiger partial charge in [0, 0.05) is 42.5 Å². The van der Waals surface area contributed by atoms with E-state index >= 15 is 0 Å². The maximum atomic E-state index is 13.6. The van der Waals surface area contributed by atoms with E-state index in [1.165, 1.54) is 13.2 Å². The molecule has 3 unspecified atom stereocenters. The van der Waals surface area contributed by atoms with Gasteiger partial charge in [0.1, 0.15) is 11.6 Å². The molecule has 9 heteroatoms. The van der Waals surface area contributed by atoms with Crippen molar-refractivity contribution in [3.63, 3.8) is 0 Å². The van der Waals surface area contributed by atoms with Crippen LogP contribution in [0.25, 0.3) is 0 Å². The summed E-state index contributed by atoms with van der Waals surface area (Å²) >= 11 is 0. The van der Waals surface area contributed by atoms with Crippen molar-refractivity contribution >= 4 is 17.6 Å².